The van der Waals surface area contributed by atoms with Crippen LogP contribution in [0.3, 0.4) is 0 Å². The molecular weight excluding hydrogens is 428 g/mol. The summed E-state index contributed by atoms with van der Waals surface area (Å²) in [5.74, 6) is 0.701. The van der Waals surface area contributed by atoms with Gasteiger partial charge in [0.25, 0.3) is 5.91 Å². The van der Waals surface area contributed by atoms with E-state index < -0.39 is 0 Å². The minimum atomic E-state index is -0.159. The fourth-order valence-electron chi connectivity index (χ4n) is 4.83. The average molecular weight is 458 g/mol. The van der Waals surface area contributed by atoms with Crippen molar-refractivity contribution in [2.45, 2.75) is 6.92 Å². The van der Waals surface area contributed by atoms with Gasteiger partial charge in [0.15, 0.2) is 0 Å². The minimum absolute atomic E-state index is 0.105. The van der Waals surface area contributed by atoms with Crippen molar-refractivity contribution in [3.8, 4) is 16.9 Å². The van der Waals surface area contributed by atoms with E-state index in [9.17, 15) is 9.59 Å². The highest BCUT2D eigenvalue weighted by Crippen LogP contribution is 2.41. The molecule has 0 unspecified atom stereocenters. The van der Waals surface area contributed by atoms with Crippen LogP contribution in [0.5, 0.6) is 5.75 Å². The number of anilines is 1. The number of carbonyl (C=O) groups excluding carboxylic acids is 2. The molecule has 2 aliphatic heterocycles. The number of nitrogens with zero attached hydrogens (tertiary/aromatic N) is 1. The smallest absolute Gasteiger partial charge is 0.347 e. The number of quaternary nitrogens is 1. The predicted octanol–water partition coefficient (Wildman–Crippen LogP) is 3.68. The Morgan fingerprint density at radius 1 is 1.12 bits per heavy atom. The number of H-pyrrole nitrogens is 1. The summed E-state index contributed by atoms with van der Waals surface area (Å²) < 4.78 is 5.78. The molecule has 3 aromatic rings. The Morgan fingerprint density at radius 2 is 1.88 bits per heavy atom. The largest absolute Gasteiger partial charge is 0.497 e. The molecule has 0 spiro atoms. The van der Waals surface area contributed by atoms with E-state index >= 15 is 0 Å². The van der Waals surface area contributed by atoms with Gasteiger partial charge in [0, 0.05) is 36.2 Å². The number of benzene rings is 2. The Morgan fingerprint density at radius 3 is 2.65 bits per heavy atom. The van der Waals surface area contributed by atoms with Crippen molar-refractivity contribution in [1.82, 2.24) is 10.3 Å². The second-order valence-electron chi connectivity index (χ2n) is 9.11. The van der Waals surface area contributed by atoms with E-state index in [0.717, 1.165) is 65.6 Å². The molecule has 0 aliphatic carbocycles. The molecule has 3 N–H and O–H groups in total. The van der Waals surface area contributed by atoms with Crippen LogP contribution in [0.15, 0.2) is 48.7 Å². The highest BCUT2D eigenvalue weighted by Gasteiger charge is 2.36. The van der Waals surface area contributed by atoms with Crippen LogP contribution in [-0.2, 0) is 4.79 Å². The Bertz CT molecular complexity index is 1320. The lowest BCUT2D eigenvalue weighted by molar-refractivity contribution is -0.830. The summed E-state index contributed by atoms with van der Waals surface area (Å²) in [4.78, 5) is 29.6. The molecule has 34 heavy (non-hydrogen) atoms. The molecule has 2 aromatic carbocycles. The van der Waals surface area contributed by atoms with E-state index in [4.69, 9.17) is 4.74 Å². The number of nitrogens with one attached hydrogen (secondary N) is 3. The second kappa shape index (κ2) is 8.59. The van der Waals surface area contributed by atoms with E-state index in [2.05, 4.69) is 15.6 Å². The standard InChI is InChI=1S/C27H28N4O3/c1-17-22(27(33)31(2)12-10-28-11-13-31)16-29-24(17)15-21-25-20(8-5-9-23(25)30-26(21)32)18-6-4-7-19(14-18)34-3/h4-9,14-16,28H,10-13H2,1-3H3,(H-,29,30,32,33)/p+1. The van der Waals surface area contributed by atoms with Crippen molar-refractivity contribution in [3.05, 3.63) is 71.0 Å². The molecule has 1 fully saturated rings. The Kier molecular flexibility index (Phi) is 5.59. The van der Waals surface area contributed by atoms with Crippen molar-refractivity contribution >= 4 is 29.2 Å². The zero-order valence-corrected chi connectivity index (χ0v) is 19.7. The number of piperazine rings is 1. The molecule has 1 saturated heterocycles. The molecule has 0 atom stereocenters. The summed E-state index contributed by atoms with van der Waals surface area (Å²) in [6.07, 6.45) is 3.63. The first kappa shape index (κ1) is 22.1. The molecular formula is C27H29N4O3+. The maximum absolute atomic E-state index is 13.4. The van der Waals surface area contributed by atoms with Gasteiger partial charge in [-0.15, -0.1) is 0 Å². The van der Waals surface area contributed by atoms with E-state index in [1.165, 1.54) is 0 Å². The molecule has 0 bridgehead atoms. The Hall–Kier alpha value is -3.68. The van der Waals surface area contributed by atoms with Crippen LogP contribution >= 0.6 is 0 Å². The number of methoxy groups -OCH3 is 1. The van der Waals surface area contributed by atoms with Gasteiger partial charge in [0.05, 0.1) is 38.4 Å². The van der Waals surface area contributed by atoms with Gasteiger partial charge in [-0.2, -0.15) is 0 Å². The molecule has 2 amide bonds. The summed E-state index contributed by atoms with van der Waals surface area (Å²) in [6.45, 7) is 5.12. The molecule has 2 aliphatic rings. The van der Waals surface area contributed by atoms with Gasteiger partial charge in [0.2, 0.25) is 0 Å². The van der Waals surface area contributed by atoms with Crippen LogP contribution < -0.4 is 15.4 Å². The van der Waals surface area contributed by atoms with Crippen LogP contribution in [-0.4, -0.2) is 61.6 Å². The fourth-order valence-corrected chi connectivity index (χ4v) is 4.83. The maximum atomic E-state index is 13.4. The van der Waals surface area contributed by atoms with Crippen molar-refractivity contribution in [2.75, 3.05) is 45.7 Å². The number of fused-ring (bicyclic) bond motifs is 1. The van der Waals surface area contributed by atoms with Crippen LogP contribution in [0.4, 0.5) is 5.69 Å². The topological polar surface area (TPSA) is 83.2 Å². The molecule has 1 aromatic heterocycles. The lowest BCUT2D eigenvalue weighted by Crippen LogP contribution is -2.59. The van der Waals surface area contributed by atoms with Gasteiger partial charge in [-0.25, -0.2) is 4.79 Å². The Balaban J connectivity index is 1.56. The van der Waals surface area contributed by atoms with E-state index in [-0.39, 0.29) is 11.8 Å². The van der Waals surface area contributed by atoms with Gasteiger partial charge >= 0.3 is 5.91 Å². The number of rotatable bonds is 4. The molecule has 7 heteroatoms. The lowest BCUT2D eigenvalue weighted by atomic mass is 9.94. The van der Waals surface area contributed by atoms with Crippen LogP contribution in [0.25, 0.3) is 22.8 Å². The SMILES string of the molecule is COc1cccc(-c2cccc3c2C(=Cc2[nH]cc(C(=O)[N+]4(C)CCNCC4)c2C)C(=O)N3)c1. The van der Waals surface area contributed by atoms with Gasteiger partial charge in [-0.1, -0.05) is 24.3 Å². The van der Waals surface area contributed by atoms with Crippen molar-refractivity contribution in [1.29, 1.82) is 0 Å². The highest BCUT2D eigenvalue weighted by atomic mass is 16.5. The number of amides is 2. The zero-order chi connectivity index (χ0) is 23.9. The molecule has 3 heterocycles. The minimum Gasteiger partial charge on any atom is -0.497 e. The number of hydrogen-bond acceptors (Lipinski definition) is 4. The number of hydrogen-bond donors (Lipinski definition) is 3. The molecule has 0 radical (unpaired) electrons. The third-order valence-electron chi connectivity index (χ3n) is 6.96. The number of ether oxygens (including phenoxy) is 1. The number of aromatic amines is 1. The quantitative estimate of drug-likeness (QED) is 0.412. The summed E-state index contributed by atoms with van der Waals surface area (Å²) in [5, 5.41) is 6.30. The highest BCUT2D eigenvalue weighted by molar-refractivity contribution is 6.36. The van der Waals surface area contributed by atoms with Crippen molar-refractivity contribution < 1.29 is 18.8 Å². The molecule has 5 rings (SSSR count). The average Bonchev–Trinajstić information content (AvgIpc) is 3.38. The Labute approximate surface area is 199 Å². The van der Waals surface area contributed by atoms with Crippen LogP contribution in [0, 0.1) is 6.92 Å². The summed E-state index contributed by atoms with van der Waals surface area (Å²) >= 11 is 0. The maximum Gasteiger partial charge on any atom is 0.347 e. The number of likely N-dealkylation sites (N-methyl/N-ethyl adjacent to an activating group) is 1. The molecule has 174 valence electrons. The van der Waals surface area contributed by atoms with Crippen LogP contribution in [0.1, 0.15) is 27.2 Å². The van der Waals surface area contributed by atoms with Crippen LogP contribution in [0.2, 0.25) is 0 Å². The van der Waals surface area contributed by atoms with Gasteiger partial charge in [0.1, 0.15) is 5.75 Å². The van der Waals surface area contributed by atoms with E-state index in [1.807, 2.05) is 62.5 Å². The van der Waals surface area contributed by atoms with Gasteiger partial charge in [-0.05, 0) is 47.9 Å². The third-order valence-corrected chi connectivity index (χ3v) is 6.96. The zero-order valence-electron chi connectivity index (χ0n) is 19.7. The lowest BCUT2D eigenvalue weighted by Gasteiger charge is -2.35. The third kappa shape index (κ3) is 3.73. The first-order valence-corrected chi connectivity index (χ1v) is 11.5. The van der Waals surface area contributed by atoms with Gasteiger partial charge in [-0.3, -0.25) is 9.28 Å². The number of aromatic nitrogens is 1. The number of carbonyl (C=O) groups is 2. The monoisotopic (exact) mass is 457 g/mol. The summed E-state index contributed by atoms with van der Waals surface area (Å²) in [6, 6.07) is 13.7. The van der Waals surface area contributed by atoms with Gasteiger partial charge < -0.3 is 20.4 Å². The molecule has 7 nitrogen and oxygen atoms in total. The van der Waals surface area contributed by atoms with Crippen molar-refractivity contribution in [2.24, 2.45) is 0 Å². The predicted molar refractivity (Wildman–Crippen MR) is 134 cm³/mol. The second-order valence-corrected chi connectivity index (χ2v) is 9.11. The fraction of sp³-hybridized carbons (Fsp3) is 0.259. The van der Waals surface area contributed by atoms with E-state index in [1.54, 1.807) is 13.3 Å². The first-order chi connectivity index (χ1) is 16.4. The van der Waals surface area contributed by atoms with E-state index in [0.29, 0.717) is 15.6 Å². The first-order valence-electron chi connectivity index (χ1n) is 11.5. The molecule has 0 saturated carbocycles. The summed E-state index contributed by atoms with van der Waals surface area (Å²) in [5.41, 5.74) is 6.41. The van der Waals surface area contributed by atoms with Crippen molar-refractivity contribution in [3.63, 3.8) is 0 Å². The normalized spacial score (nSPS) is 18.0. The summed E-state index contributed by atoms with van der Waals surface area (Å²) in [7, 11) is 3.63.